The van der Waals surface area contributed by atoms with E-state index in [1.165, 1.54) is 4.68 Å². The third kappa shape index (κ3) is 2.58. The molecule has 4 rings (SSSR count). The normalized spacial score (nSPS) is 22.8. The monoisotopic (exact) mass is 330 g/mol. The Hall–Kier alpha value is -2.28. The number of fused-ring (bicyclic) bond motifs is 1. The molecule has 0 bridgehead atoms. The first kappa shape index (κ1) is 15.3. The van der Waals surface area contributed by atoms with E-state index in [0.717, 1.165) is 31.5 Å². The van der Waals surface area contributed by atoms with Gasteiger partial charge in [0.15, 0.2) is 0 Å². The third-order valence-electron chi connectivity index (χ3n) is 5.00. The van der Waals surface area contributed by atoms with E-state index < -0.39 is 17.9 Å². The highest BCUT2D eigenvalue weighted by Gasteiger charge is 2.30. The van der Waals surface area contributed by atoms with Crippen molar-refractivity contribution in [1.82, 2.24) is 20.4 Å². The summed E-state index contributed by atoms with van der Waals surface area (Å²) in [5, 5.41) is 10.0. The lowest BCUT2D eigenvalue weighted by Crippen LogP contribution is -2.42. The number of amides is 2. The molecule has 0 aliphatic carbocycles. The number of hydrogen-bond acceptors (Lipinski definition) is 4. The molecule has 2 amide bonds. The van der Waals surface area contributed by atoms with Gasteiger partial charge in [-0.1, -0.05) is 6.07 Å². The van der Waals surface area contributed by atoms with E-state index in [0.29, 0.717) is 23.2 Å². The van der Waals surface area contributed by atoms with Gasteiger partial charge in [0.2, 0.25) is 11.9 Å². The van der Waals surface area contributed by atoms with E-state index in [1.807, 2.05) is 18.2 Å². The zero-order chi connectivity index (χ0) is 16.7. The minimum atomic E-state index is -0.639. The van der Waals surface area contributed by atoms with E-state index >= 15 is 0 Å². The number of piperidine rings is 2. The summed E-state index contributed by atoms with van der Waals surface area (Å²) in [5.74, 6) is -0.848. The second kappa shape index (κ2) is 5.98. The molecule has 2 fully saturated rings. The van der Waals surface area contributed by atoms with Crippen LogP contribution in [0.2, 0.25) is 0 Å². The van der Waals surface area contributed by atoms with Crippen LogP contribution < -0.4 is 10.6 Å². The van der Waals surface area contributed by atoms with Crippen LogP contribution in [-0.4, -0.2) is 34.7 Å². The Labute approximate surface area is 138 Å². The molecule has 1 unspecified atom stereocenters. The highest BCUT2D eigenvalue weighted by Crippen LogP contribution is 2.31. The van der Waals surface area contributed by atoms with Crippen molar-refractivity contribution in [3.8, 4) is 0 Å². The summed E-state index contributed by atoms with van der Waals surface area (Å²) in [6.45, 7) is 1.95. The molecule has 6 nitrogen and oxygen atoms in total. The Kier molecular flexibility index (Phi) is 3.80. The van der Waals surface area contributed by atoms with E-state index in [-0.39, 0.29) is 12.3 Å². The van der Waals surface area contributed by atoms with Crippen LogP contribution in [0.3, 0.4) is 0 Å². The zero-order valence-corrected chi connectivity index (χ0v) is 13.2. The standard InChI is InChI=1S/C17H19FN4O2/c18-16-12-9-11(10-5-7-19-8-6-10)1-2-13(12)22(21-16)14-3-4-15(23)20-17(14)24/h1-2,9-10,14,19H,3-8H2,(H,20,23,24). The Bertz CT molecular complexity index is 810. The van der Waals surface area contributed by atoms with Gasteiger partial charge in [0.05, 0.1) is 10.9 Å². The van der Waals surface area contributed by atoms with Crippen LogP contribution >= 0.6 is 0 Å². The molecule has 3 heterocycles. The topological polar surface area (TPSA) is 76.0 Å². The number of benzene rings is 1. The minimum absolute atomic E-state index is 0.243. The Balaban J connectivity index is 1.71. The fraction of sp³-hybridized carbons (Fsp3) is 0.471. The molecule has 0 radical (unpaired) electrons. The fourth-order valence-electron chi connectivity index (χ4n) is 3.68. The van der Waals surface area contributed by atoms with Crippen molar-refractivity contribution in [1.29, 1.82) is 0 Å². The van der Waals surface area contributed by atoms with E-state index in [9.17, 15) is 14.0 Å². The van der Waals surface area contributed by atoms with Gasteiger partial charge in [-0.15, -0.1) is 5.10 Å². The van der Waals surface area contributed by atoms with Crippen LogP contribution in [0.25, 0.3) is 10.9 Å². The lowest BCUT2D eigenvalue weighted by atomic mass is 9.89. The largest absolute Gasteiger partial charge is 0.317 e. The number of halogens is 1. The summed E-state index contributed by atoms with van der Waals surface area (Å²) in [6, 6.07) is 5.06. The van der Waals surface area contributed by atoms with Gasteiger partial charge in [-0.2, -0.15) is 4.39 Å². The second-order valence-electron chi connectivity index (χ2n) is 6.50. The van der Waals surface area contributed by atoms with Gasteiger partial charge >= 0.3 is 0 Å². The predicted octanol–water partition coefficient (Wildman–Crippen LogP) is 1.62. The molecule has 0 saturated carbocycles. The number of rotatable bonds is 2. The van der Waals surface area contributed by atoms with Crippen molar-refractivity contribution in [2.24, 2.45) is 0 Å². The Morgan fingerprint density at radius 3 is 2.71 bits per heavy atom. The molecule has 1 atom stereocenters. The van der Waals surface area contributed by atoms with Gasteiger partial charge in [0.25, 0.3) is 5.91 Å². The third-order valence-corrected chi connectivity index (χ3v) is 5.00. The van der Waals surface area contributed by atoms with Gasteiger partial charge in [-0.25, -0.2) is 4.68 Å². The first-order valence-electron chi connectivity index (χ1n) is 8.35. The van der Waals surface area contributed by atoms with Crippen LogP contribution in [0.4, 0.5) is 4.39 Å². The van der Waals surface area contributed by atoms with Crippen LogP contribution in [0, 0.1) is 5.95 Å². The lowest BCUT2D eigenvalue weighted by Gasteiger charge is -2.23. The van der Waals surface area contributed by atoms with E-state index in [1.54, 1.807) is 0 Å². The number of hydrogen-bond donors (Lipinski definition) is 2. The Morgan fingerprint density at radius 2 is 1.96 bits per heavy atom. The molecule has 2 aliphatic heterocycles. The first-order chi connectivity index (χ1) is 11.6. The smallest absolute Gasteiger partial charge is 0.251 e. The molecule has 2 saturated heterocycles. The SMILES string of the molecule is O=C1CCC(n2nc(F)c3cc(C4CCNCC4)ccc32)C(=O)N1. The van der Waals surface area contributed by atoms with Crippen LogP contribution in [0.15, 0.2) is 18.2 Å². The van der Waals surface area contributed by atoms with Crippen molar-refractivity contribution in [3.05, 3.63) is 29.7 Å². The summed E-state index contributed by atoms with van der Waals surface area (Å²) in [7, 11) is 0. The number of imide groups is 1. The highest BCUT2D eigenvalue weighted by molar-refractivity contribution is 6.00. The van der Waals surface area contributed by atoms with Gasteiger partial charge in [0, 0.05) is 6.42 Å². The van der Waals surface area contributed by atoms with Crippen LogP contribution in [-0.2, 0) is 9.59 Å². The maximum Gasteiger partial charge on any atom is 0.251 e. The molecule has 2 aliphatic rings. The molecule has 2 N–H and O–H groups in total. The van der Waals surface area contributed by atoms with Gasteiger partial charge < -0.3 is 5.32 Å². The maximum absolute atomic E-state index is 14.4. The number of nitrogens with one attached hydrogen (secondary N) is 2. The van der Waals surface area contributed by atoms with Gasteiger partial charge in [-0.05, 0) is 56.0 Å². The summed E-state index contributed by atoms with van der Waals surface area (Å²) in [4.78, 5) is 23.3. The molecule has 126 valence electrons. The molecule has 1 aromatic carbocycles. The van der Waals surface area contributed by atoms with Crippen LogP contribution in [0.1, 0.15) is 43.2 Å². The molecule has 7 heteroatoms. The predicted molar refractivity (Wildman–Crippen MR) is 86.0 cm³/mol. The number of carbonyl (C=O) groups is 2. The maximum atomic E-state index is 14.4. The second-order valence-corrected chi connectivity index (χ2v) is 6.50. The molecule has 24 heavy (non-hydrogen) atoms. The summed E-state index contributed by atoms with van der Waals surface area (Å²) < 4.78 is 15.8. The summed E-state index contributed by atoms with van der Waals surface area (Å²) in [6.07, 6.45) is 2.66. The number of carbonyl (C=O) groups excluding carboxylic acids is 2. The molecular weight excluding hydrogens is 311 g/mol. The summed E-state index contributed by atoms with van der Waals surface area (Å²) in [5.41, 5.74) is 1.71. The fourth-order valence-corrected chi connectivity index (χ4v) is 3.68. The van der Waals surface area contributed by atoms with Gasteiger partial charge in [-0.3, -0.25) is 14.9 Å². The Morgan fingerprint density at radius 1 is 1.17 bits per heavy atom. The zero-order valence-electron chi connectivity index (χ0n) is 13.2. The van der Waals surface area contributed by atoms with E-state index in [2.05, 4.69) is 15.7 Å². The van der Waals surface area contributed by atoms with Crippen molar-refractivity contribution >= 4 is 22.7 Å². The van der Waals surface area contributed by atoms with Crippen molar-refractivity contribution < 1.29 is 14.0 Å². The molecular formula is C17H19FN4O2. The lowest BCUT2D eigenvalue weighted by molar-refractivity contribution is -0.135. The minimum Gasteiger partial charge on any atom is -0.317 e. The number of aromatic nitrogens is 2. The van der Waals surface area contributed by atoms with Crippen LogP contribution in [0.5, 0.6) is 0 Å². The average molecular weight is 330 g/mol. The number of nitrogens with zero attached hydrogens (tertiary/aromatic N) is 2. The average Bonchev–Trinajstić information content (AvgIpc) is 2.92. The quantitative estimate of drug-likeness (QED) is 0.821. The first-order valence-corrected chi connectivity index (χ1v) is 8.35. The molecule has 1 aromatic heterocycles. The molecule has 2 aromatic rings. The summed E-state index contributed by atoms with van der Waals surface area (Å²) >= 11 is 0. The van der Waals surface area contributed by atoms with Gasteiger partial charge in [0.1, 0.15) is 6.04 Å². The molecule has 0 spiro atoms. The highest BCUT2D eigenvalue weighted by atomic mass is 19.1. The van der Waals surface area contributed by atoms with E-state index in [4.69, 9.17) is 0 Å². The van der Waals surface area contributed by atoms with Crippen molar-refractivity contribution in [3.63, 3.8) is 0 Å². The van der Waals surface area contributed by atoms with Crippen molar-refractivity contribution in [2.75, 3.05) is 13.1 Å². The van der Waals surface area contributed by atoms with Crippen molar-refractivity contribution in [2.45, 2.75) is 37.6 Å².